The molecule has 100 valence electrons. The third-order valence-corrected chi connectivity index (χ3v) is 3.15. The minimum atomic E-state index is 0.639. The second-order valence-electron chi connectivity index (χ2n) is 4.72. The molecule has 0 spiro atoms. The van der Waals surface area contributed by atoms with Crippen molar-refractivity contribution in [2.24, 2.45) is 0 Å². The topological polar surface area (TPSA) is 55.3 Å². The van der Waals surface area contributed by atoms with E-state index in [1.165, 1.54) is 5.56 Å². The highest BCUT2D eigenvalue weighted by atomic mass is 15.1. The summed E-state index contributed by atoms with van der Waals surface area (Å²) in [5, 5.41) is 0. The summed E-state index contributed by atoms with van der Waals surface area (Å²) in [5.74, 6) is 0. The van der Waals surface area contributed by atoms with Crippen molar-refractivity contribution in [2.45, 2.75) is 19.9 Å². The minimum Gasteiger partial charge on any atom is -0.397 e. The molecule has 0 saturated carbocycles. The van der Waals surface area contributed by atoms with Gasteiger partial charge in [-0.2, -0.15) is 0 Å². The van der Waals surface area contributed by atoms with Gasteiger partial charge in [-0.05, 0) is 30.2 Å². The van der Waals surface area contributed by atoms with Crippen LogP contribution >= 0.6 is 0 Å². The van der Waals surface area contributed by atoms with Gasteiger partial charge in [0.15, 0.2) is 0 Å². The standard InChI is InChI=1S/C16H21N3/c1-2-10-19(12-13-6-4-3-5-7-13)14-8-9-15(17)16(18)11-14/h3-9,11H,2,10,12,17-18H2,1H3. The van der Waals surface area contributed by atoms with Crippen LogP contribution in [0.5, 0.6) is 0 Å². The zero-order valence-electron chi connectivity index (χ0n) is 11.3. The van der Waals surface area contributed by atoms with Gasteiger partial charge >= 0.3 is 0 Å². The summed E-state index contributed by atoms with van der Waals surface area (Å²) in [6.07, 6.45) is 1.09. The largest absolute Gasteiger partial charge is 0.397 e. The van der Waals surface area contributed by atoms with E-state index in [9.17, 15) is 0 Å². The molecule has 3 heteroatoms. The van der Waals surface area contributed by atoms with Crippen molar-refractivity contribution in [1.29, 1.82) is 0 Å². The first-order valence-electron chi connectivity index (χ1n) is 6.64. The molecule has 3 nitrogen and oxygen atoms in total. The normalized spacial score (nSPS) is 10.4. The Morgan fingerprint density at radius 3 is 2.32 bits per heavy atom. The molecule has 2 aromatic carbocycles. The van der Waals surface area contributed by atoms with Crippen molar-refractivity contribution < 1.29 is 0 Å². The first kappa shape index (κ1) is 13.3. The molecular weight excluding hydrogens is 234 g/mol. The molecule has 0 aliphatic heterocycles. The Kier molecular flexibility index (Phi) is 4.29. The van der Waals surface area contributed by atoms with E-state index in [1.54, 1.807) is 0 Å². The van der Waals surface area contributed by atoms with Crippen molar-refractivity contribution >= 4 is 17.1 Å². The molecule has 0 heterocycles. The highest BCUT2D eigenvalue weighted by Gasteiger charge is 2.07. The van der Waals surface area contributed by atoms with Crippen molar-refractivity contribution in [2.75, 3.05) is 22.9 Å². The molecule has 0 saturated heterocycles. The molecule has 0 amide bonds. The van der Waals surface area contributed by atoms with Crippen LogP contribution in [0, 0.1) is 0 Å². The summed E-state index contributed by atoms with van der Waals surface area (Å²) in [4.78, 5) is 2.32. The van der Waals surface area contributed by atoms with Crippen LogP contribution in [0.3, 0.4) is 0 Å². The van der Waals surface area contributed by atoms with E-state index < -0.39 is 0 Å². The lowest BCUT2D eigenvalue weighted by Crippen LogP contribution is -2.23. The van der Waals surface area contributed by atoms with Gasteiger partial charge in [-0.25, -0.2) is 0 Å². The summed E-state index contributed by atoms with van der Waals surface area (Å²) in [6, 6.07) is 16.3. The van der Waals surface area contributed by atoms with Gasteiger partial charge in [0.1, 0.15) is 0 Å². The van der Waals surface area contributed by atoms with Gasteiger partial charge in [0.2, 0.25) is 0 Å². The number of hydrogen-bond donors (Lipinski definition) is 2. The molecule has 0 atom stereocenters. The lowest BCUT2D eigenvalue weighted by atomic mass is 10.1. The highest BCUT2D eigenvalue weighted by molar-refractivity contribution is 5.69. The third kappa shape index (κ3) is 3.41. The maximum atomic E-state index is 5.90. The van der Waals surface area contributed by atoms with Gasteiger partial charge in [-0.3, -0.25) is 0 Å². The maximum Gasteiger partial charge on any atom is 0.0568 e. The van der Waals surface area contributed by atoms with E-state index in [0.29, 0.717) is 11.4 Å². The number of nitrogens with two attached hydrogens (primary N) is 2. The Labute approximate surface area is 114 Å². The predicted molar refractivity (Wildman–Crippen MR) is 83.0 cm³/mol. The Morgan fingerprint density at radius 1 is 0.947 bits per heavy atom. The van der Waals surface area contributed by atoms with E-state index in [4.69, 9.17) is 11.5 Å². The van der Waals surface area contributed by atoms with Gasteiger partial charge < -0.3 is 16.4 Å². The van der Waals surface area contributed by atoms with Crippen LogP contribution in [-0.2, 0) is 6.54 Å². The van der Waals surface area contributed by atoms with Crippen molar-refractivity contribution in [3.8, 4) is 0 Å². The smallest absolute Gasteiger partial charge is 0.0568 e. The quantitative estimate of drug-likeness (QED) is 0.806. The monoisotopic (exact) mass is 255 g/mol. The fraction of sp³-hybridized carbons (Fsp3) is 0.250. The number of nitrogen functional groups attached to an aromatic ring is 2. The van der Waals surface area contributed by atoms with Gasteiger partial charge in [-0.15, -0.1) is 0 Å². The van der Waals surface area contributed by atoms with Crippen molar-refractivity contribution in [3.63, 3.8) is 0 Å². The third-order valence-electron chi connectivity index (χ3n) is 3.15. The second-order valence-corrected chi connectivity index (χ2v) is 4.72. The van der Waals surface area contributed by atoms with E-state index in [0.717, 1.165) is 25.2 Å². The van der Waals surface area contributed by atoms with Gasteiger partial charge in [0.25, 0.3) is 0 Å². The minimum absolute atomic E-state index is 0.639. The first-order chi connectivity index (χ1) is 9.20. The van der Waals surface area contributed by atoms with Gasteiger partial charge in [0, 0.05) is 18.8 Å². The Balaban J connectivity index is 2.21. The number of nitrogens with zero attached hydrogens (tertiary/aromatic N) is 1. The Hall–Kier alpha value is -2.16. The van der Waals surface area contributed by atoms with E-state index in [2.05, 4.69) is 36.1 Å². The summed E-state index contributed by atoms with van der Waals surface area (Å²) in [6.45, 7) is 4.06. The van der Waals surface area contributed by atoms with Gasteiger partial charge in [0.05, 0.1) is 11.4 Å². The average Bonchev–Trinajstić information content (AvgIpc) is 2.43. The van der Waals surface area contributed by atoms with Crippen LogP contribution in [0.1, 0.15) is 18.9 Å². The van der Waals surface area contributed by atoms with Crippen LogP contribution < -0.4 is 16.4 Å². The lowest BCUT2D eigenvalue weighted by Gasteiger charge is -2.25. The maximum absolute atomic E-state index is 5.90. The highest BCUT2D eigenvalue weighted by Crippen LogP contribution is 2.24. The molecule has 0 aliphatic rings. The predicted octanol–water partition coefficient (Wildman–Crippen LogP) is 3.27. The zero-order chi connectivity index (χ0) is 13.7. The summed E-state index contributed by atoms with van der Waals surface area (Å²) < 4.78 is 0. The van der Waals surface area contributed by atoms with Crippen LogP contribution in [0.4, 0.5) is 17.1 Å². The Bertz CT molecular complexity index is 523. The summed E-state index contributed by atoms with van der Waals surface area (Å²) in [7, 11) is 0. The van der Waals surface area contributed by atoms with E-state index in [-0.39, 0.29) is 0 Å². The molecule has 0 aromatic heterocycles. The fourth-order valence-electron chi connectivity index (χ4n) is 2.13. The van der Waals surface area contributed by atoms with E-state index in [1.807, 2.05) is 24.3 Å². The number of anilines is 3. The van der Waals surface area contributed by atoms with Crippen LogP contribution in [-0.4, -0.2) is 6.54 Å². The number of hydrogen-bond acceptors (Lipinski definition) is 3. The molecule has 0 bridgehead atoms. The van der Waals surface area contributed by atoms with Crippen LogP contribution in [0.25, 0.3) is 0 Å². The van der Waals surface area contributed by atoms with Crippen molar-refractivity contribution in [1.82, 2.24) is 0 Å². The summed E-state index contributed by atoms with van der Waals surface area (Å²) in [5.41, 5.74) is 15.4. The van der Waals surface area contributed by atoms with Crippen LogP contribution in [0.15, 0.2) is 48.5 Å². The molecule has 2 rings (SSSR count). The average molecular weight is 255 g/mol. The SMILES string of the molecule is CCCN(Cc1ccccc1)c1ccc(N)c(N)c1. The fourth-order valence-corrected chi connectivity index (χ4v) is 2.13. The molecule has 19 heavy (non-hydrogen) atoms. The zero-order valence-corrected chi connectivity index (χ0v) is 11.3. The molecule has 0 aliphatic carbocycles. The first-order valence-corrected chi connectivity index (χ1v) is 6.64. The van der Waals surface area contributed by atoms with E-state index >= 15 is 0 Å². The molecule has 2 aromatic rings. The molecular formula is C16H21N3. The van der Waals surface area contributed by atoms with Crippen LogP contribution in [0.2, 0.25) is 0 Å². The molecule has 0 unspecified atom stereocenters. The number of benzene rings is 2. The molecule has 0 radical (unpaired) electrons. The van der Waals surface area contributed by atoms with Crippen molar-refractivity contribution in [3.05, 3.63) is 54.1 Å². The lowest BCUT2D eigenvalue weighted by molar-refractivity contribution is 0.768. The molecule has 0 fully saturated rings. The number of rotatable bonds is 5. The van der Waals surface area contributed by atoms with Gasteiger partial charge in [-0.1, -0.05) is 37.3 Å². The Morgan fingerprint density at radius 2 is 1.68 bits per heavy atom. The summed E-state index contributed by atoms with van der Waals surface area (Å²) >= 11 is 0. The second kappa shape index (κ2) is 6.14. The molecule has 4 N–H and O–H groups in total.